The monoisotopic (exact) mass is 430 g/mol. The predicted octanol–water partition coefficient (Wildman–Crippen LogP) is 3.23. The highest BCUT2D eigenvalue weighted by Crippen LogP contribution is 2.38. The van der Waals surface area contributed by atoms with Crippen molar-refractivity contribution < 1.29 is 27.1 Å². The molecule has 2 aromatic heterocycles. The molecule has 0 radical (unpaired) electrons. The van der Waals surface area contributed by atoms with Crippen molar-refractivity contribution >= 4 is 16.8 Å². The van der Waals surface area contributed by atoms with Crippen LogP contribution in [0, 0.1) is 11.8 Å². The lowest BCUT2D eigenvalue weighted by Crippen LogP contribution is -2.30. The van der Waals surface area contributed by atoms with Gasteiger partial charge in [-0.2, -0.15) is 13.2 Å². The number of ether oxygens (including phenoxy) is 1. The minimum absolute atomic E-state index is 0.00573. The number of benzene rings is 1. The topological polar surface area (TPSA) is 103 Å². The first-order chi connectivity index (χ1) is 14.7. The van der Waals surface area contributed by atoms with Gasteiger partial charge in [0.15, 0.2) is 11.5 Å². The minimum Gasteiger partial charge on any atom is -0.494 e. The Labute approximate surface area is 174 Å². The number of pyridine rings is 1. The molecule has 1 aliphatic rings. The Morgan fingerprint density at radius 1 is 1.26 bits per heavy atom. The second-order valence-electron chi connectivity index (χ2n) is 6.92. The fraction of sp³-hybridized carbons (Fsp3) is 0.286. The maximum atomic E-state index is 13.2. The van der Waals surface area contributed by atoms with Crippen molar-refractivity contribution in [1.29, 1.82) is 0 Å². The molecule has 160 valence electrons. The third-order valence-electron chi connectivity index (χ3n) is 4.69. The van der Waals surface area contributed by atoms with Crippen molar-refractivity contribution in [3.05, 3.63) is 41.4 Å². The summed E-state index contributed by atoms with van der Waals surface area (Å²) in [7, 11) is 1.33. The van der Waals surface area contributed by atoms with E-state index in [2.05, 4.69) is 27.1 Å². The number of oxazole rings is 1. The summed E-state index contributed by atoms with van der Waals surface area (Å²) in [6.45, 7) is 2.32. The maximum absolute atomic E-state index is 13.2. The first-order valence-electron chi connectivity index (χ1n) is 9.36. The number of nitrogens with zero attached hydrogens (tertiary/aromatic N) is 2. The van der Waals surface area contributed by atoms with Crippen LogP contribution in [0.5, 0.6) is 5.75 Å². The highest BCUT2D eigenvalue weighted by Gasteiger charge is 2.41. The van der Waals surface area contributed by atoms with E-state index < -0.39 is 23.3 Å². The zero-order valence-corrected chi connectivity index (χ0v) is 16.6. The molecule has 3 aromatic rings. The van der Waals surface area contributed by atoms with Gasteiger partial charge in [-0.3, -0.25) is 10.5 Å². The first kappa shape index (κ1) is 20.7. The summed E-state index contributed by atoms with van der Waals surface area (Å²) in [4.78, 5) is 20.6. The third-order valence-corrected chi connectivity index (χ3v) is 4.69. The van der Waals surface area contributed by atoms with E-state index in [-0.39, 0.29) is 28.6 Å². The van der Waals surface area contributed by atoms with Crippen LogP contribution in [0.3, 0.4) is 0 Å². The Balaban J connectivity index is 1.87. The van der Waals surface area contributed by atoms with Gasteiger partial charge < -0.3 is 14.5 Å². The lowest BCUT2D eigenvalue weighted by atomic mass is 10.1. The summed E-state index contributed by atoms with van der Waals surface area (Å²) >= 11 is 0. The van der Waals surface area contributed by atoms with Crippen LogP contribution in [-0.4, -0.2) is 29.5 Å². The van der Waals surface area contributed by atoms with E-state index in [1.54, 1.807) is 6.07 Å². The van der Waals surface area contributed by atoms with Gasteiger partial charge >= 0.3 is 6.18 Å². The minimum atomic E-state index is -4.62. The van der Waals surface area contributed by atoms with Gasteiger partial charge in [0.05, 0.1) is 7.11 Å². The molecule has 0 bridgehead atoms. The lowest BCUT2D eigenvalue weighted by molar-refractivity contribution is -0.140. The molecule has 7 nitrogen and oxygen atoms in total. The molecule has 0 saturated carbocycles. The van der Waals surface area contributed by atoms with E-state index in [0.29, 0.717) is 23.9 Å². The standard InChI is InChI=1S/C21H17F3N4O3/c1-3-10-26-18(29)16-17(20(25)8-9-20)31-19(28-16)12-4-6-13(30-2)15-11(12)5-7-14(27-15)21(22,23)24/h4-7H,3,10,25H2,1-2H3,(H,26,29). The average Bonchev–Trinajstić information content (AvgIpc) is 3.33. The van der Waals surface area contributed by atoms with Crippen LogP contribution in [-0.2, 0) is 11.7 Å². The van der Waals surface area contributed by atoms with Crippen molar-refractivity contribution in [2.24, 2.45) is 5.73 Å². The Kier molecular flexibility index (Phi) is 4.86. The number of rotatable bonds is 6. The normalized spacial score (nSPS) is 14.1. The molecule has 10 heteroatoms. The summed E-state index contributed by atoms with van der Waals surface area (Å²) in [6, 6.07) is 5.14. The molecule has 1 aliphatic carbocycles. The van der Waals surface area contributed by atoms with E-state index in [1.807, 2.05) is 6.92 Å². The molecule has 0 atom stereocenters. The number of hydrogen-bond donors (Lipinski definition) is 2. The molecule has 2 heterocycles. The van der Waals surface area contributed by atoms with Crippen molar-refractivity contribution in [3.63, 3.8) is 0 Å². The molecular weight excluding hydrogens is 413 g/mol. The zero-order valence-electron chi connectivity index (χ0n) is 16.6. The fourth-order valence-corrected chi connectivity index (χ4v) is 3.06. The molecule has 0 saturated heterocycles. The highest BCUT2D eigenvalue weighted by atomic mass is 19.4. The summed E-state index contributed by atoms with van der Waals surface area (Å²) in [5.74, 6) is 5.09. The van der Waals surface area contributed by atoms with Gasteiger partial charge in [-0.1, -0.05) is 18.8 Å². The first-order valence-corrected chi connectivity index (χ1v) is 9.36. The number of halogens is 3. The molecule has 0 fully saturated rings. The summed E-state index contributed by atoms with van der Waals surface area (Å²) in [6.07, 6.45) is -3.91. The van der Waals surface area contributed by atoms with Crippen LogP contribution < -0.4 is 15.8 Å². The largest absolute Gasteiger partial charge is 0.494 e. The number of alkyl halides is 3. The van der Waals surface area contributed by atoms with Crippen LogP contribution in [0.1, 0.15) is 35.3 Å². The fourth-order valence-electron chi connectivity index (χ4n) is 3.06. The average molecular weight is 430 g/mol. The molecule has 1 aromatic carbocycles. The lowest BCUT2D eigenvalue weighted by Gasteiger charge is -2.11. The quantitative estimate of drug-likeness (QED) is 0.582. The van der Waals surface area contributed by atoms with Crippen molar-refractivity contribution in [2.75, 3.05) is 13.7 Å². The number of carbonyl (C=O) groups excluding carboxylic acids is 1. The van der Waals surface area contributed by atoms with E-state index in [1.165, 1.54) is 19.2 Å². The van der Waals surface area contributed by atoms with Gasteiger partial charge in [0, 0.05) is 17.5 Å². The molecule has 0 unspecified atom stereocenters. The maximum Gasteiger partial charge on any atom is 0.433 e. The summed E-state index contributed by atoms with van der Waals surface area (Å²) < 4.78 is 50.4. The van der Waals surface area contributed by atoms with Gasteiger partial charge in [0.2, 0.25) is 11.4 Å². The van der Waals surface area contributed by atoms with Crippen LogP contribution in [0.2, 0.25) is 0 Å². The molecule has 3 N–H and O–H groups in total. The molecule has 4 rings (SSSR count). The van der Waals surface area contributed by atoms with Crippen molar-refractivity contribution in [1.82, 2.24) is 15.3 Å². The van der Waals surface area contributed by atoms with E-state index >= 15 is 0 Å². The van der Waals surface area contributed by atoms with Crippen molar-refractivity contribution in [3.8, 4) is 29.0 Å². The van der Waals surface area contributed by atoms with Crippen LogP contribution in [0.15, 0.2) is 28.7 Å². The summed E-state index contributed by atoms with van der Waals surface area (Å²) in [5.41, 5.74) is 4.01. The number of hydrogen-bond acceptors (Lipinski definition) is 6. The van der Waals surface area contributed by atoms with Gasteiger partial charge in [0.1, 0.15) is 17.0 Å². The molecule has 0 spiro atoms. The van der Waals surface area contributed by atoms with Gasteiger partial charge in [0.25, 0.3) is 5.91 Å². The highest BCUT2D eigenvalue weighted by molar-refractivity contribution is 5.98. The number of amides is 1. The smallest absolute Gasteiger partial charge is 0.433 e. The van der Waals surface area contributed by atoms with E-state index in [0.717, 1.165) is 6.07 Å². The molecule has 1 amide bonds. The number of fused-ring (bicyclic) bond motifs is 1. The molecule has 0 aliphatic heterocycles. The Morgan fingerprint density at radius 3 is 2.61 bits per heavy atom. The molecular formula is C21H17F3N4O3. The SMILES string of the molecule is CCCNC(=O)c1nc(-c2ccc(OC)c3nc(C(F)(F)F)ccc23)oc1C1(N)C#C1. The van der Waals surface area contributed by atoms with E-state index in [4.69, 9.17) is 14.9 Å². The Hall–Kier alpha value is -3.58. The number of methoxy groups -OCH3 is 1. The number of nitrogens with one attached hydrogen (secondary N) is 1. The second-order valence-corrected chi connectivity index (χ2v) is 6.92. The second kappa shape index (κ2) is 7.28. The van der Waals surface area contributed by atoms with Crippen LogP contribution in [0.4, 0.5) is 13.2 Å². The Bertz CT molecular complexity index is 1250. The predicted molar refractivity (Wildman–Crippen MR) is 105 cm³/mol. The van der Waals surface area contributed by atoms with Crippen molar-refractivity contribution in [2.45, 2.75) is 25.1 Å². The summed E-state index contributed by atoms with van der Waals surface area (Å²) in [5, 5.41) is 3.01. The van der Waals surface area contributed by atoms with Crippen LogP contribution >= 0.6 is 0 Å². The number of nitrogens with two attached hydrogens (primary N) is 1. The van der Waals surface area contributed by atoms with Gasteiger partial charge in [-0.15, -0.1) is 0 Å². The van der Waals surface area contributed by atoms with Crippen LogP contribution in [0.25, 0.3) is 22.4 Å². The Morgan fingerprint density at radius 2 is 2.00 bits per heavy atom. The zero-order chi connectivity index (χ0) is 22.4. The van der Waals surface area contributed by atoms with E-state index in [9.17, 15) is 18.0 Å². The molecule has 31 heavy (non-hydrogen) atoms. The van der Waals surface area contributed by atoms with Gasteiger partial charge in [-0.05, 0) is 30.7 Å². The number of carbonyl (C=O) groups is 1. The third kappa shape index (κ3) is 3.68. The number of aromatic nitrogens is 2. The van der Waals surface area contributed by atoms with Gasteiger partial charge in [-0.25, -0.2) is 9.97 Å².